The van der Waals surface area contributed by atoms with E-state index in [4.69, 9.17) is 4.74 Å². The largest absolute Gasteiger partial charge is 0.468 e. The van der Waals surface area contributed by atoms with Crippen molar-refractivity contribution in [1.82, 2.24) is 4.90 Å². The Morgan fingerprint density at radius 3 is 2.53 bits per heavy atom. The van der Waals surface area contributed by atoms with E-state index in [-0.39, 0.29) is 17.7 Å². The summed E-state index contributed by atoms with van der Waals surface area (Å²) in [5.74, 6) is -1.44. The van der Waals surface area contributed by atoms with Crippen molar-refractivity contribution in [3.05, 3.63) is 70.9 Å². The average molecular weight is 402 g/mol. The number of allylic oxidation sites excluding steroid dienone is 2. The fourth-order valence-corrected chi connectivity index (χ4v) is 5.05. The van der Waals surface area contributed by atoms with Crippen molar-refractivity contribution in [3.8, 4) is 0 Å². The van der Waals surface area contributed by atoms with Crippen molar-refractivity contribution >= 4 is 29.0 Å². The Bertz CT molecular complexity index is 1110. The zero-order valence-corrected chi connectivity index (χ0v) is 16.9. The molecular weight excluding hydrogens is 380 g/mol. The van der Waals surface area contributed by atoms with Crippen molar-refractivity contribution in [3.63, 3.8) is 0 Å². The molecule has 1 unspecified atom stereocenters. The first-order chi connectivity index (χ1) is 14.5. The van der Waals surface area contributed by atoms with E-state index in [1.165, 1.54) is 7.11 Å². The van der Waals surface area contributed by atoms with Crippen LogP contribution in [-0.2, 0) is 14.3 Å². The number of benzene rings is 2. The van der Waals surface area contributed by atoms with Gasteiger partial charge in [0.25, 0.3) is 5.91 Å². The Balaban J connectivity index is 1.57. The van der Waals surface area contributed by atoms with E-state index in [1.54, 1.807) is 11.9 Å². The molecule has 5 rings (SSSR count). The van der Waals surface area contributed by atoms with E-state index in [1.807, 2.05) is 53.4 Å². The molecule has 0 fully saturated rings. The molecule has 0 aromatic heterocycles. The van der Waals surface area contributed by atoms with Gasteiger partial charge in [0, 0.05) is 36.5 Å². The SMILES string of the molecule is COC(=O)C1CC2=C(C[C@H]3CN(C(=O)c4ccccc4)c4cccc2c43)N(C)C1=O. The van der Waals surface area contributed by atoms with E-state index in [9.17, 15) is 14.4 Å². The van der Waals surface area contributed by atoms with Crippen molar-refractivity contribution < 1.29 is 19.1 Å². The summed E-state index contributed by atoms with van der Waals surface area (Å²) in [6.45, 7) is 0.583. The van der Waals surface area contributed by atoms with Gasteiger partial charge >= 0.3 is 5.97 Å². The third-order valence-electron chi connectivity index (χ3n) is 6.49. The first-order valence-corrected chi connectivity index (χ1v) is 10.1. The number of carbonyl (C=O) groups excluding carboxylic acids is 3. The Kier molecular flexibility index (Phi) is 4.24. The van der Waals surface area contributed by atoms with Crippen LogP contribution in [0.3, 0.4) is 0 Å². The molecule has 2 amide bonds. The van der Waals surface area contributed by atoms with Crippen LogP contribution in [0.15, 0.2) is 54.2 Å². The molecule has 3 aliphatic rings. The van der Waals surface area contributed by atoms with E-state index in [0.717, 1.165) is 28.1 Å². The second-order valence-corrected chi connectivity index (χ2v) is 8.02. The van der Waals surface area contributed by atoms with Crippen LogP contribution in [0, 0.1) is 5.92 Å². The number of rotatable bonds is 2. The van der Waals surface area contributed by atoms with Crippen LogP contribution in [0.4, 0.5) is 5.69 Å². The number of hydrogen-bond donors (Lipinski definition) is 0. The van der Waals surface area contributed by atoms with Gasteiger partial charge in [0.2, 0.25) is 5.91 Å². The number of nitrogens with zero attached hydrogens (tertiary/aromatic N) is 2. The number of amides is 2. The number of ether oxygens (including phenoxy) is 1. The molecule has 152 valence electrons. The molecule has 0 spiro atoms. The lowest BCUT2D eigenvalue weighted by atomic mass is 9.76. The van der Waals surface area contributed by atoms with Crippen molar-refractivity contribution in [1.29, 1.82) is 0 Å². The lowest BCUT2D eigenvalue weighted by molar-refractivity contribution is -0.152. The van der Waals surface area contributed by atoms with Crippen LogP contribution in [0.1, 0.15) is 40.2 Å². The highest BCUT2D eigenvalue weighted by Crippen LogP contribution is 2.51. The number of anilines is 1. The lowest BCUT2D eigenvalue weighted by Gasteiger charge is -2.37. The van der Waals surface area contributed by atoms with Gasteiger partial charge in [-0.05, 0) is 47.7 Å². The van der Waals surface area contributed by atoms with Crippen LogP contribution in [-0.4, -0.2) is 43.4 Å². The quantitative estimate of drug-likeness (QED) is 0.572. The third kappa shape index (κ3) is 2.60. The molecule has 6 nitrogen and oxygen atoms in total. The molecule has 2 atom stereocenters. The molecule has 0 saturated heterocycles. The molecular formula is C24H22N2O4. The minimum Gasteiger partial charge on any atom is -0.468 e. The monoisotopic (exact) mass is 402 g/mol. The van der Waals surface area contributed by atoms with Crippen LogP contribution in [0.2, 0.25) is 0 Å². The maximum Gasteiger partial charge on any atom is 0.318 e. The van der Waals surface area contributed by atoms with Crippen LogP contribution in [0.25, 0.3) is 5.57 Å². The van der Waals surface area contributed by atoms with Gasteiger partial charge in [-0.3, -0.25) is 14.4 Å². The van der Waals surface area contributed by atoms with Crippen LogP contribution >= 0.6 is 0 Å². The molecule has 0 saturated carbocycles. The highest BCUT2D eigenvalue weighted by molar-refractivity contribution is 6.09. The summed E-state index contributed by atoms with van der Waals surface area (Å²) >= 11 is 0. The molecule has 0 N–H and O–H groups in total. The zero-order chi connectivity index (χ0) is 21.0. The molecule has 1 aliphatic carbocycles. The second-order valence-electron chi connectivity index (χ2n) is 8.02. The fraction of sp³-hybridized carbons (Fsp3) is 0.292. The van der Waals surface area contributed by atoms with Crippen molar-refractivity contribution in [2.75, 3.05) is 25.6 Å². The van der Waals surface area contributed by atoms with E-state index in [2.05, 4.69) is 0 Å². The number of methoxy groups -OCH3 is 1. The minimum absolute atomic E-state index is 0.0201. The lowest BCUT2D eigenvalue weighted by Crippen LogP contribution is -2.42. The molecule has 2 heterocycles. The summed E-state index contributed by atoms with van der Waals surface area (Å²) in [7, 11) is 3.03. The van der Waals surface area contributed by atoms with Crippen molar-refractivity contribution in [2.45, 2.75) is 18.8 Å². The Morgan fingerprint density at radius 2 is 1.80 bits per heavy atom. The fourth-order valence-electron chi connectivity index (χ4n) is 5.05. The van der Waals surface area contributed by atoms with Gasteiger partial charge in [0.05, 0.1) is 7.11 Å². The summed E-state index contributed by atoms with van der Waals surface area (Å²) < 4.78 is 4.87. The average Bonchev–Trinajstić information content (AvgIpc) is 3.16. The third-order valence-corrected chi connectivity index (χ3v) is 6.49. The first kappa shape index (κ1) is 18.6. The number of fused-ring (bicyclic) bond motifs is 1. The maximum absolute atomic E-state index is 13.2. The highest BCUT2D eigenvalue weighted by Gasteiger charge is 2.45. The molecule has 6 heteroatoms. The summed E-state index contributed by atoms with van der Waals surface area (Å²) in [6, 6.07) is 15.3. The molecule has 30 heavy (non-hydrogen) atoms. The Labute approximate surface area is 174 Å². The summed E-state index contributed by atoms with van der Waals surface area (Å²) in [4.78, 5) is 41.6. The Morgan fingerprint density at radius 1 is 1.03 bits per heavy atom. The van der Waals surface area contributed by atoms with Gasteiger partial charge in [-0.1, -0.05) is 30.3 Å². The molecule has 0 radical (unpaired) electrons. The van der Waals surface area contributed by atoms with Gasteiger partial charge in [-0.2, -0.15) is 0 Å². The molecule has 0 bridgehead atoms. The molecule has 2 aromatic rings. The van der Waals surface area contributed by atoms with Gasteiger partial charge in [0.15, 0.2) is 0 Å². The number of carbonyl (C=O) groups is 3. The van der Waals surface area contributed by atoms with Gasteiger partial charge in [0.1, 0.15) is 5.92 Å². The van der Waals surface area contributed by atoms with E-state index in [0.29, 0.717) is 24.9 Å². The zero-order valence-electron chi connectivity index (χ0n) is 16.9. The number of esters is 1. The van der Waals surface area contributed by atoms with Crippen LogP contribution < -0.4 is 4.90 Å². The predicted molar refractivity (Wildman–Crippen MR) is 112 cm³/mol. The highest BCUT2D eigenvalue weighted by atomic mass is 16.5. The van der Waals surface area contributed by atoms with Gasteiger partial charge in [-0.25, -0.2) is 0 Å². The first-order valence-electron chi connectivity index (χ1n) is 10.1. The smallest absolute Gasteiger partial charge is 0.318 e. The van der Waals surface area contributed by atoms with Crippen LogP contribution in [0.5, 0.6) is 0 Å². The maximum atomic E-state index is 13.2. The number of hydrogen-bond acceptors (Lipinski definition) is 4. The standard InChI is InChI=1S/C24H22N2O4/c1-25-20-11-15-13-26(22(27)14-7-4-3-5-8-14)19-10-6-9-16(21(15)19)17(20)12-18(23(25)28)24(29)30-2/h3-10,15,18H,11-13H2,1-2H3/t15-,18?/m0/s1. The minimum atomic E-state index is -0.824. The summed E-state index contributed by atoms with van der Waals surface area (Å²) in [5.41, 5.74) is 5.72. The van der Waals surface area contributed by atoms with Crippen molar-refractivity contribution in [2.24, 2.45) is 5.92 Å². The molecule has 2 aromatic carbocycles. The van der Waals surface area contributed by atoms with E-state index >= 15 is 0 Å². The molecule has 2 aliphatic heterocycles. The Hall–Kier alpha value is -3.41. The normalized spacial score (nSPS) is 22.0. The van der Waals surface area contributed by atoms with E-state index < -0.39 is 11.9 Å². The summed E-state index contributed by atoms with van der Waals surface area (Å²) in [5, 5.41) is 0. The second kappa shape index (κ2) is 6.83. The topological polar surface area (TPSA) is 66.9 Å². The van der Waals surface area contributed by atoms with Gasteiger partial charge < -0.3 is 14.5 Å². The predicted octanol–water partition coefficient (Wildman–Crippen LogP) is 3.20. The summed E-state index contributed by atoms with van der Waals surface area (Å²) in [6.07, 6.45) is 1.01. The van der Waals surface area contributed by atoms with Gasteiger partial charge in [-0.15, -0.1) is 0 Å².